The lowest BCUT2D eigenvalue weighted by atomic mass is 9.84. The molecule has 1 fully saturated rings. The van der Waals surface area contributed by atoms with Crippen LogP contribution >= 0.6 is 0 Å². The van der Waals surface area contributed by atoms with E-state index >= 15 is 0 Å². The molecule has 118 valence electrons. The molecule has 1 aromatic rings. The van der Waals surface area contributed by atoms with Gasteiger partial charge in [0.05, 0.1) is 12.8 Å². The highest BCUT2D eigenvalue weighted by atomic mass is 16.5. The van der Waals surface area contributed by atoms with E-state index in [1.54, 1.807) is 6.20 Å². The quantitative estimate of drug-likeness (QED) is 0.566. The highest BCUT2D eigenvalue weighted by molar-refractivity contribution is 5.26. The molecule has 0 bridgehead atoms. The van der Waals surface area contributed by atoms with Crippen LogP contribution in [0.4, 0.5) is 0 Å². The number of hydrogen-bond donors (Lipinski definition) is 2. The van der Waals surface area contributed by atoms with Gasteiger partial charge in [-0.1, -0.05) is 39.0 Å². The summed E-state index contributed by atoms with van der Waals surface area (Å²) in [5.74, 6) is 7.47. The molecular formula is C17H29N3O. The summed E-state index contributed by atoms with van der Waals surface area (Å²) in [6, 6.07) is 2.23. The maximum atomic E-state index is 5.75. The van der Waals surface area contributed by atoms with Gasteiger partial charge >= 0.3 is 0 Å². The van der Waals surface area contributed by atoms with E-state index in [0.29, 0.717) is 0 Å². The normalized spacial score (nSPS) is 17.6. The van der Waals surface area contributed by atoms with E-state index in [1.807, 2.05) is 6.20 Å². The Kier molecular flexibility index (Phi) is 6.96. The third-order valence-corrected chi connectivity index (χ3v) is 4.40. The van der Waals surface area contributed by atoms with Gasteiger partial charge in [0.25, 0.3) is 0 Å². The van der Waals surface area contributed by atoms with Crippen molar-refractivity contribution >= 4 is 0 Å². The molecule has 4 heteroatoms. The molecule has 21 heavy (non-hydrogen) atoms. The minimum Gasteiger partial charge on any atom is -0.492 e. The molecular weight excluding hydrogens is 262 g/mol. The molecule has 1 heterocycles. The van der Waals surface area contributed by atoms with Crippen molar-refractivity contribution in [1.29, 1.82) is 0 Å². The van der Waals surface area contributed by atoms with Gasteiger partial charge in [0, 0.05) is 12.2 Å². The summed E-state index contributed by atoms with van der Waals surface area (Å²) in [6.45, 7) is 2.83. The van der Waals surface area contributed by atoms with Crippen molar-refractivity contribution in [3.8, 4) is 5.75 Å². The molecule has 1 unspecified atom stereocenters. The highest BCUT2D eigenvalue weighted by Crippen LogP contribution is 2.30. The molecule has 1 atom stereocenters. The number of pyridine rings is 1. The van der Waals surface area contributed by atoms with E-state index in [2.05, 4.69) is 23.4 Å². The van der Waals surface area contributed by atoms with Gasteiger partial charge in [-0.25, -0.2) is 0 Å². The second kappa shape index (κ2) is 9.00. The van der Waals surface area contributed by atoms with E-state index in [9.17, 15) is 0 Å². The highest BCUT2D eigenvalue weighted by Gasteiger charge is 2.17. The average Bonchev–Trinajstić information content (AvgIpc) is 2.55. The van der Waals surface area contributed by atoms with Crippen molar-refractivity contribution in [2.45, 2.75) is 64.3 Å². The van der Waals surface area contributed by atoms with Crippen molar-refractivity contribution in [1.82, 2.24) is 10.4 Å². The number of aromatic nitrogens is 1. The third-order valence-electron chi connectivity index (χ3n) is 4.40. The summed E-state index contributed by atoms with van der Waals surface area (Å²) in [6.07, 6.45) is 14.0. The predicted octanol–water partition coefficient (Wildman–Crippen LogP) is 3.74. The third kappa shape index (κ3) is 5.29. The van der Waals surface area contributed by atoms with Gasteiger partial charge in [-0.2, -0.15) is 0 Å². The fraction of sp³-hybridized carbons (Fsp3) is 0.706. The Morgan fingerprint density at radius 3 is 2.86 bits per heavy atom. The molecule has 0 aromatic carbocycles. The van der Waals surface area contributed by atoms with E-state index in [4.69, 9.17) is 10.6 Å². The standard InChI is InChI=1S/C17H29N3O/c1-2-10-21-16-11-15(12-19-13-16)17(20-18)9-8-14-6-4-3-5-7-14/h11-14,17,20H,2-10,18H2,1H3. The second-order valence-corrected chi connectivity index (χ2v) is 6.10. The fourth-order valence-electron chi connectivity index (χ4n) is 3.15. The minimum atomic E-state index is 0.171. The van der Waals surface area contributed by atoms with Crippen LogP contribution in [0.1, 0.15) is 69.9 Å². The van der Waals surface area contributed by atoms with Crippen molar-refractivity contribution in [2.75, 3.05) is 6.61 Å². The Bertz CT molecular complexity index is 405. The first-order valence-electron chi connectivity index (χ1n) is 8.37. The number of ether oxygens (including phenoxy) is 1. The van der Waals surface area contributed by atoms with Crippen LogP contribution in [-0.4, -0.2) is 11.6 Å². The Balaban J connectivity index is 1.89. The molecule has 0 amide bonds. The van der Waals surface area contributed by atoms with Crippen molar-refractivity contribution in [2.24, 2.45) is 11.8 Å². The zero-order valence-electron chi connectivity index (χ0n) is 13.2. The first-order chi connectivity index (χ1) is 10.3. The first-order valence-corrected chi connectivity index (χ1v) is 8.37. The van der Waals surface area contributed by atoms with Crippen molar-refractivity contribution in [3.63, 3.8) is 0 Å². The maximum absolute atomic E-state index is 5.75. The largest absolute Gasteiger partial charge is 0.492 e. The summed E-state index contributed by atoms with van der Waals surface area (Å²) in [5.41, 5.74) is 4.07. The Hall–Kier alpha value is -1.13. The van der Waals surface area contributed by atoms with E-state index in [1.165, 1.54) is 38.5 Å². The van der Waals surface area contributed by atoms with E-state index in [0.717, 1.165) is 36.7 Å². The Morgan fingerprint density at radius 2 is 2.14 bits per heavy atom. The van der Waals surface area contributed by atoms with Gasteiger partial charge in [0.1, 0.15) is 5.75 Å². The van der Waals surface area contributed by atoms with Crippen LogP contribution in [0.25, 0.3) is 0 Å². The van der Waals surface area contributed by atoms with E-state index in [-0.39, 0.29) is 6.04 Å². The van der Waals surface area contributed by atoms with Crippen LogP contribution in [0.5, 0.6) is 5.75 Å². The number of nitrogens with zero attached hydrogens (tertiary/aromatic N) is 1. The molecule has 1 aliphatic rings. The van der Waals surface area contributed by atoms with Crippen molar-refractivity contribution in [3.05, 3.63) is 24.0 Å². The minimum absolute atomic E-state index is 0.171. The predicted molar refractivity (Wildman–Crippen MR) is 85.9 cm³/mol. The van der Waals surface area contributed by atoms with Gasteiger partial charge in [-0.15, -0.1) is 0 Å². The van der Waals surface area contributed by atoms with Gasteiger partial charge in [0.15, 0.2) is 0 Å². The SMILES string of the molecule is CCCOc1cncc(C(CCC2CCCCC2)NN)c1. The summed E-state index contributed by atoms with van der Waals surface area (Å²) in [5, 5.41) is 0. The smallest absolute Gasteiger partial charge is 0.137 e. The van der Waals surface area contributed by atoms with Gasteiger partial charge < -0.3 is 4.74 Å². The number of nitrogens with two attached hydrogens (primary N) is 1. The molecule has 0 spiro atoms. The lowest BCUT2D eigenvalue weighted by Crippen LogP contribution is -2.28. The van der Waals surface area contributed by atoms with E-state index < -0.39 is 0 Å². The second-order valence-electron chi connectivity index (χ2n) is 6.10. The van der Waals surface area contributed by atoms with Crippen LogP contribution in [-0.2, 0) is 0 Å². The van der Waals surface area contributed by atoms with Crippen LogP contribution in [0.3, 0.4) is 0 Å². The molecule has 3 N–H and O–H groups in total. The van der Waals surface area contributed by atoms with Crippen LogP contribution in [0.2, 0.25) is 0 Å². The Labute approximate surface area is 128 Å². The van der Waals surface area contributed by atoms with Gasteiger partial charge in [0.2, 0.25) is 0 Å². The van der Waals surface area contributed by atoms with Gasteiger partial charge in [-0.05, 0) is 36.8 Å². The number of rotatable bonds is 8. The topological polar surface area (TPSA) is 60.2 Å². The molecule has 1 saturated carbocycles. The number of hydrazine groups is 1. The molecule has 1 aromatic heterocycles. The molecule has 0 saturated heterocycles. The van der Waals surface area contributed by atoms with Crippen LogP contribution in [0.15, 0.2) is 18.5 Å². The molecule has 2 rings (SSSR count). The average molecular weight is 291 g/mol. The molecule has 1 aliphatic carbocycles. The summed E-state index contributed by atoms with van der Waals surface area (Å²) < 4.78 is 5.65. The fourth-order valence-corrected chi connectivity index (χ4v) is 3.15. The Morgan fingerprint density at radius 1 is 1.33 bits per heavy atom. The van der Waals surface area contributed by atoms with Crippen LogP contribution < -0.4 is 16.0 Å². The first kappa shape index (κ1) is 16.2. The number of hydrogen-bond acceptors (Lipinski definition) is 4. The zero-order valence-corrected chi connectivity index (χ0v) is 13.2. The lowest BCUT2D eigenvalue weighted by molar-refractivity contribution is 0.309. The van der Waals surface area contributed by atoms with Crippen molar-refractivity contribution < 1.29 is 4.74 Å². The molecule has 4 nitrogen and oxygen atoms in total. The van der Waals surface area contributed by atoms with Gasteiger partial charge in [-0.3, -0.25) is 16.3 Å². The maximum Gasteiger partial charge on any atom is 0.137 e. The summed E-state index contributed by atoms with van der Waals surface area (Å²) >= 11 is 0. The number of nitrogens with one attached hydrogen (secondary N) is 1. The molecule has 0 radical (unpaired) electrons. The summed E-state index contributed by atoms with van der Waals surface area (Å²) in [4.78, 5) is 4.28. The summed E-state index contributed by atoms with van der Waals surface area (Å²) in [7, 11) is 0. The molecule has 0 aliphatic heterocycles. The zero-order chi connectivity index (χ0) is 14.9. The lowest BCUT2D eigenvalue weighted by Gasteiger charge is -2.24. The van der Waals surface area contributed by atoms with Crippen LogP contribution in [0, 0.1) is 5.92 Å². The monoisotopic (exact) mass is 291 g/mol.